The van der Waals surface area contributed by atoms with Crippen molar-refractivity contribution in [2.75, 3.05) is 17.2 Å². The van der Waals surface area contributed by atoms with Gasteiger partial charge in [0.15, 0.2) is 0 Å². The summed E-state index contributed by atoms with van der Waals surface area (Å²) in [7, 11) is 0. The van der Waals surface area contributed by atoms with Crippen molar-refractivity contribution in [2.45, 2.75) is 50.0 Å². The molecular formula is C29H30FN3O5. The number of halogens is 1. The van der Waals surface area contributed by atoms with E-state index in [1.165, 1.54) is 12.1 Å². The maximum atomic E-state index is 13.9. The number of hydrogen-bond donors (Lipinski definition) is 4. The number of aliphatic hydroxyl groups is 1. The van der Waals surface area contributed by atoms with E-state index >= 15 is 0 Å². The Morgan fingerprint density at radius 3 is 2.58 bits per heavy atom. The van der Waals surface area contributed by atoms with Gasteiger partial charge in [-0.2, -0.15) is 0 Å². The van der Waals surface area contributed by atoms with E-state index in [1.807, 2.05) is 43.3 Å². The molecule has 0 spiro atoms. The smallest absolute Gasteiger partial charge is 0.323 e. The molecule has 0 aromatic heterocycles. The van der Waals surface area contributed by atoms with Gasteiger partial charge in [0, 0.05) is 17.2 Å². The summed E-state index contributed by atoms with van der Waals surface area (Å²) >= 11 is 0. The number of hydrogen-bond acceptors (Lipinski definition) is 5. The van der Waals surface area contributed by atoms with Gasteiger partial charge < -0.3 is 30.5 Å². The van der Waals surface area contributed by atoms with E-state index < -0.39 is 30.2 Å². The van der Waals surface area contributed by atoms with Gasteiger partial charge in [-0.1, -0.05) is 42.5 Å². The summed E-state index contributed by atoms with van der Waals surface area (Å²) in [5.41, 5.74) is 2.46. The first kappa shape index (κ1) is 25.7. The highest BCUT2D eigenvalue weighted by atomic mass is 19.1. The van der Waals surface area contributed by atoms with E-state index in [0.717, 1.165) is 11.1 Å². The van der Waals surface area contributed by atoms with Gasteiger partial charge in [0.2, 0.25) is 5.91 Å². The summed E-state index contributed by atoms with van der Waals surface area (Å²) in [6, 6.07) is 20.2. The highest BCUT2D eigenvalue weighted by molar-refractivity contribution is 6.00. The number of carbonyl (C=O) groups excluding carboxylic acids is 2. The lowest BCUT2D eigenvalue weighted by molar-refractivity contribution is -0.142. The van der Waals surface area contributed by atoms with Crippen LogP contribution >= 0.6 is 0 Å². The Balaban J connectivity index is 1.25. The van der Waals surface area contributed by atoms with Crippen molar-refractivity contribution in [3.63, 3.8) is 0 Å². The van der Waals surface area contributed by atoms with Crippen molar-refractivity contribution in [2.24, 2.45) is 0 Å². The highest BCUT2D eigenvalue weighted by Gasteiger charge is 2.46. The molecule has 5 rings (SSSR count). The molecule has 1 saturated heterocycles. The zero-order chi connectivity index (χ0) is 26.6. The second-order valence-electron chi connectivity index (χ2n) is 9.62. The third kappa shape index (κ3) is 5.64. The predicted molar refractivity (Wildman–Crippen MR) is 141 cm³/mol. The lowest BCUT2D eigenvalue weighted by Gasteiger charge is -2.37. The van der Waals surface area contributed by atoms with Gasteiger partial charge in [0.25, 0.3) is 0 Å². The number of para-hydroxylation sites is 1. The summed E-state index contributed by atoms with van der Waals surface area (Å²) < 4.78 is 26.0. The second-order valence-corrected chi connectivity index (χ2v) is 9.62. The Labute approximate surface area is 220 Å². The van der Waals surface area contributed by atoms with Crippen LogP contribution < -0.4 is 20.7 Å². The van der Waals surface area contributed by atoms with E-state index in [0.29, 0.717) is 17.9 Å². The number of fused-ring (bicyclic) bond motifs is 3. The monoisotopic (exact) mass is 519 g/mol. The van der Waals surface area contributed by atoms with Gasteiger partial charge in [-0.3, -0.25) is 4.79 Å². The first-order valence-electron chi connectivity index (χ1n) is 12.6. The fourth-order valence-electron chi connectivity index (χ4n) is 5.15. The zero-order valence-corrected chi connectivity index (χ0v) is 20.9. The molecule has 8 nitrogen and oxygen atoms in total. The molecular weight excluding hydrogens is 489 g/mol. The first-order valence-corrected chi connectivity index (χ1v) is 12.6. The lowest BCUT2D eigenvalue weighted by Crippen LogP contribution is -2.47. The minimum absolute atomic E-state index is 0.0764. The summed E-state index contributed by atoms with van der Waals surface area (Å²) in [5.74, 6) is -0.152. The van der Waals surface area contributed by atoms with E-state index in [-0.39, 0.29) is 36.6 Å². The van der Waals surface area contributed by atoms with Crippen LogP contribution in [0.15, 0.2) is 72.8 Å². The van der Waals surface area contributed by atoms with Crippen molar-refractivity contribution in [3.05, 3.63) is 89.7 Å². The molecule has 0 saturated carbocycles. The third-order valence-corrected chi connectivity index (χ3v) is 6.97. The average molecular weight is 520 g/mol. The van der Waals surface area contributed by atoms with Crippen LogP contribution in [0.4, 0.5) is 20.6 Å². The van der Waals surface area contributed by atoms with Gasteiger partial charge in [-0.05, 0) is 49.2 Å². The minimum Gasteiger partial charge on any atom is -0.487 e. The van der Waals surface area contributed by atoms with Crippen LogP contribution in [0.2, 0.25) is 0 Å². The number of rotatable bonds is 7. The number of carbonyl (C=O) groups is 2. The number of ether oxygens (including phenoxy) is 2. The highest BCUT2D eigenvalue weighted by Crippen LogP contribution is 2.47. The Morgan fingerprint density at radius 2 is 1.82 bits per heavy atom. The largest absolute Gasteiger partial charge is 0.487 e. The molecule has 4 N–H and O–H groups in total. The molecule has 198 valence electrons. The van der Waals surface area contributed by atoms with Crippen LogP contribution in [-0.4, -0.2) is 42.0 Å². The molecule has 2 heterocycles. The molecule has 2 aliphatic heterocycles. The SMILES string of the molecule is C[C@@H](NC(=O)C[C@H]1C[C@@H]2c3cc(NC(=O)Nc4ccccc4F)ccc3O[C@@H]2[C@H](CO)O1)c1ccccc1. The Kier molecular flexibility index (Phi) is 7.57. The Hall–Kier alpha value is -3.95. The van der Waals surface area contributed by atoms with E-state index in [2.05, 4.69) is 16.0 Å². The predicted octanol–water partition coefficient (Wildman–Crippen LogP) is 4.73. The Morgan fingerprint density at radius 1 is 1.05 bits per heavy atom. The molecule has 3 aromatic carbocycles. The third-order valence-electron chi connectivity index (χ3n) is 6.97. The Bertz CT molecular complexity index is 1300. The van der Waals surface area contributed by atoms with Crippen LogP contribution in [0.5, 0.6) is 5.75 Å². The molecule has 0 unspecified atom stereocenters. The van der Waals surface area contributed by atoms with Gasteiger partial charge in [-0.15, -0.1) is 0 Å². The normalized spacial score (nSPS) is 22.4. The van der Waals surface area contributed by atoms with Crippen LogP contribution in [0.25, 0.3) is 0 Å². The summed E-state index contributed by atoms with van der Waals surface area (Å²) in [4.78, 5) is 25.3. The number of anilines is 2. The van der Waals surface area contributed by atoms with E-state index in [1.54, 1.807) is 24.3 Å². The summed E-state index contributed by atoms with van der Waals surface area (Å²) in [6.07, 6.45) is -0.736. The van der Waals surface area contributed by atoms with E-state index in [4.69, 9.17) is 9.47 Å². The van der Waals surface area contributed by atoms with Gasteiger partial charge >= 0.3 is 6.03 Å². The second kappa shape index (κ2) is 11.2. The van der Waals surface area contributed by atoms with Crippen molar-refractivity contribution in [1.29, 1.82) is 0 Å². The molecule has 2 aliphatic rings. The molecule has 5 atom stereocenters. The summed E-state index contributed by atoms with van der Waals surface area (Å²) in [5, 5.41) is 18.2. The average Bonchev–Trinajstić information content (AvgIpc) is 3.28. The minimum atomic E-state index is -0.591. The lowest BCUT2D eigenvalue weighted by atomic mass is 9.84. The maximum absolute atomic E-state index is 13.9. The molecule has 0 aliphatic carbocycles. The van der Waals surface area contributed by atoms with Crippen molar-refractivity contribution in [3.8, 4) is 5.75 Å². The van der Waals surface area contributed by atoms with Crippen LogP contribution in [-0.2, 0) is 9.53 Å². The number of nitrogens with one attached hydrogen (secondary N) is 3. The van der Waals surface area contributed by atoms with Crippen molar-refractivity contribution >= 4 is 23.3 Å². The fourth-order valence-corrected chi connectivity index (χ4v) is 5.15. The zero-order valence-electron chi connectivity index (χ0n) is 20.9. The van der Waals surface area contributed by atoms with Crippen LogP contribution in [0.1, 0.15) is 42.9 Å². The molecule has 0 bridgehead atoms. The number of urea groups is 1. The molecule has 3 amide bonds. The van der Waals surface area contributed by atoms with Crippen molar-refractivity contribution in [1.82, 2.24) is 5.32 Å². The maximum Gasteiger partial charge on any atom is 0.323 e. The van der Waals surface area contributed by atoms with Crippen LogP contribution in [0, 0.1) is 5.82 Å². The fraction of sp³-hybridized carbons (Fsp3) is 0.310. The standard InChI is InChI=1S/C29H30FN3O5/c1-17(18-7-3-2-4-8-18)31-27(35)15-20-14-22-21-13-19(11-12-25(21)38-28(22)26(16-34)37-20)32-29(36)33-24-10-6-5-9-23(24)30/h2-13,17,20,22,26,28,34H,14-16H2,1H3,(H,31,35)(H2,32,33,36)/t17-,20-,22-,26+,28+/m1/s1. The molecule has 0 radical (unpaired) electrons. The van der Waals surface area contributed by atoms with E-state index in [9.17, 15) is 19.1 Å². The molecule has 38 heavy (non-hydrogen) atoms. The number of aliphatic hydroxyl groups excluding tert-OH is 1. The summed E-state index contributed by atoms with van der Waals surface area (Å²) in [6.45, 7) is 1.68. The van der Waals surface area contributed by atoms with Crippen LogP contribution in [0.3, 0.4) is 0 Å². The molecule has 9 heteroatoms. The number of amides is 3. The van der Waals surface area contributed by atoms with Gasteiger partial charge in [0.1, 0.15) is 23.8 Å². The number of benzene rings is 3. The first-order chi connectivity index (χ1) is 18.4. The van der Waals surface area contributed by atoms with Crippen molar-refractivity contribution < 1.29 is 28.6 Å². The quantitative estimate of drug-likeness (QED) is 0.361. The molecule has 1 fully saturated rings. The molecule has 3 aromatic rings. The van der Waals surface area contributed by atoms with Gasteiger partial charge in [-0.25, -0.2) is 9.18 Å². The van der Waals surface area contributed by atoms with Gasteiger partial charge in [0.05, 0.1) is 30.9 Å². The topological polar surface area (TPSA) is 109 Å².